The van der Waals surface area contributed by atoms with Crippen LogP contribution in [0.4, 0.5) is 0 Å². The van der Waals surface area contributed by atoms with Crippen LogP contribution in [0.2, 0.25) is 5.02 Å². The predicted octanol–water partition coefficient (Wildman–Crippen LogP) is 2.84. The summed E-state index contributed by atoms with van der Waals surface area (Å²) in [5.41, 5.74) is 0.633. The number of hydrogen-bond acceptors (Lipinski definition) is 5. The lowest BCUT2D eigenvalue weighted by molar-refractivity contribution is -0.126. The second kappa shape index (κ2) is 9.46. The fourth-order valence-corrected chi connectivity index (χ4v) is 5.67. The minimum absolute atomic E-state index is 0.130. The van der Waals surface area contributed by atoms with Crippen molar-refractivity contribution in [3.63, 3.8) is 0 Å². The zero-order valence-corrected chi connectivity index (χ0v) is 18.6. The van der Waals surface area contributed by atoms with Gasteiger partial charge in [-0.2, -0.15) is 0 Å². The van der Waals surface area contributed by atoms with Crippen molar-refractivity contribution in [3.8, 4) is 11.5 Å². The highest BCUT2D eigenvalue weighted by Gasteiger charge is 2.33. The van der Waals surface area contributed by atoms with E-state index < -0.39 is 10.0 Å². The summed E-state index contributed by atoms with van der Waals surface area (Å²) in [6, 6.07) is 14.2. The van der Waals surface area contributed by atoms with Gasteiger partial charge in [-0.1, -0.05) is 35.9 Å². The summed E-state index contributed by atoms with van der Waals surface area (Å²) < 4.78 is 38.7. The number of carbonyl (C=O) groups is 1. The number of fused-ring (bicyclic) bond motifs is 1. The van der Waals surface area contributed by atoms with Crippen molar-refractivity contribution in [1.29, 1.82) is 0 Å². The smallest absolute Gasteiger partial charge is 0.224 e. The maximum absolute atomic E-state index is 12.9. The molecule has 9 heteroatoms. The van der Waals surface area contributed by atoms with Crippen LogP contribution in [0.25, 0.3) is 0 Å². The van der Waals surface area contributed by atoms with E-state index in [1.165, 1.54) is 4.31 Å². The fraction of sp³-hybridized carbons (Fsp3) is 0.409. The third-order valence-corrected chi connectivity index (χ3v) is 7.51. The highest BCUT2D eigenvalue weighted by Crippen LogP contribution is 2.30. The molecule has 0 aliphatic carbocycles. The number of halogens is 1. The minimum atomic E-state index is -3.54. The maximum Gasteiger partial charge on any atom is 0.224 e. The second-order valence-electron chi connectivity index (χ2n) is 7.83. The van der Waals surface area contributed by atoms with E-state index in [1.807, 2.05) is 24.3 Å². The summed E-state index contributed by atoms with van der Waals surface area (Å²) in [5, 5.41) is 3.40. The first-order chi connectivity index (χ1) is 14.9. The quantitative estimate of drug-likeness (QED) is 0.710. The molecule has 1 amide bonds. The van der Waals surface area contributed by atoms with E-state index in [0.717, 1.165) is 0 Å². The molecule has 2 heterocycles. The van der Waals surface area contributed by atoms with E-state index in [4.69, 9.17) is 21.1 Å². The molecular weight excluding hydrogens is 440 g/mol. The van der Waals surface area contributed by atoms with E-state index in [-0.39, 0.29) is 30.2 Å². The van der Waals surface area contributed by atoms with Gasteiger partial charge in [0.1, 0.15) is 12.7 Å². The van der Waals surface area contributed by atoms with Crippen molar-refractivity contribution in [2.45, 2.75) is 24.7 Å². The highest BCUT2D eigenvalue weighted by atomic mass is 35.5. The molecule has 4 rings (SSSR count). The number of para-hydroxylation sites is 2. The van der Waals surface area contributed by atoms with Crippen LogP contribution in [0.15, 0.2) is 48.5 Å². The zero-order valence-electron chi connectivity index (χ0n) is 17.0. The number of benzene rings is 2. The van der Waals surface area contributed by atoms with Gasteiger partial charge in [0, 0.05) is 18.1 Å². The fourth-order valence-electron chi connectivity index (χ4n) is 3.86. The van der Waals surface area contributed by atoms with Crippen molar-refractivity contribution in [3.05, 3.63) is 59.1 Å². The summed E-state index contributed by atoms with van der Waals surface area (Å²) in [5.74, 6) is 0.667. The number of hydrogen-bond donors (Lipinski definition) is 1. The average Bonchev–Trinajstić information content (AvgIpc) is 2.77. The lowest BCUT2D eigenvalue weighted by Crippen LogP contribution is -2.48. The van der Waals surface area contributed by atoms with Gasteiger partial charge in [0.2, 0.25) is 15.9 Å². The first-order valence-corrected chi connectivity index (χ1v) is 12.3. The molecule has 2 aromatic rings. The number of ether oxygens (including phenoxy) is 2. The van der Waals surface area contributed by atoms with Crippen LogP contribution in [-0.4, -0.2) is 51.0 Å². The molecular formula is C22H25ClN2O5S. The molecule has 166 valence electrons. The Labute approximate surface area is 187 Å². The Morgan fingerprint density at radius 3 is 2.77 bits per heavy atom. The van der Waals surface area contributed by atoms with Crippen molar-refractivity contribution in [1.82, 2.24) is 9.62 Å². The molecule has 0 saturated carbocycles. The Morgan fingerprint density at radius 2 is 1.97 bits per heavy atom. The maximum atomic E-state index is 12.9. The molecule has 2 unspecified atom stereocenters. The van der Waals surface area contributed by atoms with Gasteiger partial charge in [0.15, 0.2) is 11.5 Å². The molecule has 2 aliphatic heterocycles. The summed E-state index contributed by atoms with van der Waals surface area (Å²) in [7, 11) is -3.54. The van der Waals surface area contributed by atoms with Crippen LogP contribution in [0.1, 0.15) is 18.4 Å². The molecule has 0 radical (unpaired) electrons. The number of nitrogens with zero attached hydrogens (tertiary/aromatic N) is 1. The van der Waals surface area contributed by atoms with E-state index in [0.29, 0.717) is 54.6 Å². The first-order valence-electron chi connectivity index (χ1n) is 10.3. The van der Waals surface area contributed by atoms with Gasteiger partial charge in [-0.25, -0.2) is 12.7 Å². The van der Waals surface area contributed by atoms with Crippen LogP contribution < -0.4 is 14.8 Å². The van der Waals surface area contributed by atoms with Gasteiger partial charge < -0.3 is 14.8 Å². The number of rotatable bonds is 6. The molecule has 2 atom stereocenters. The monoisotopic (exact) mass is 464 g/mol. The van der Waals surface area contributed by atoms with Gasteiger partial charge in [0.05, 0.1) is 18.2 Å². The zero-order chi connectivity index (χ0) is 21.8. The number of nitrogens with one attached hydrogen (secondary N) is 1. The normalized spacial score (nSPS) is 21.5. The Morgan fingerprint density at radius 1 is 1.16 bits per heavy atom. The van der Waals surface area contributed by atoms with Crippen molar-refractivity contribution >= 4 is 27.5 Å². The van der Waals surface area contributed by atoms with Crippen LogP contribution in [0.5, 0.6) is 11.5 Å². The van der Waals surface area contributed by atoms with Crippen LogP contribution in [0, 0.1) is 5.92 Å². The van der Waals surface area contributed by atoms with Crippen LogP contribution in [0.3, 0.4) is 0 Å². The second-order valence-corrected chi connectivity index (χ2v) is 10.2. The number of sulfonamides is 1. The Kier molecular flexibility index (Phi) is 6.69. The van der Waals surface area contributed by atoms with E-state index in [9.17, 15) is 13.2 Å². The van der Waals surface area contributed by atoms with E-state index in [2.05, 4.69) is 5.32 Å². The largest absolute Gasteiger partial charge is 0.486 e. The van der Waals surface area contributed by atoms with E-state index in [1.54, 1.807) is 24.3 Å². The van der Waals surface area contributed by atoms with Gasteiger partial charge in [-0.15, -0.1) is 0 Å². The molecule has 1 N–H and O–H groups in total. The molecule has 1 saturated heterocycles. The van der Waals surface area contributed by atoms with Crippen molar-refractivity contribution in [2.24, 2.45) is 5.92 Å². The van der Waals surface area contributed by atoms with Crippen LogP contribution in [-0.2, 0) is 20.6 Å². The van der Waals surface area contributed by atoms with Gasteiger partial charge in [0.25, 0.3) is 0 Å². The van der Waals surface area contributed by atoms with Gasteiger partial charge >= 0.3 is 0 Å². The molecule has 7 nitrogen and oxygen atoms in total. The summed E-state index contributed by atoms with van der Waals surface area (Å²) >= 11 is 5.97. The summed E-state index contributed by atoms with van der Waals surface area (Å²) in [4.78, 5) is 12.7. The van der Waals surface area contributed by atoms with Gasteiger partial charge in [-0.05, 0) is 42.7 Å². The number of carbonyl (C=O) groups excluding carboxylic acids is 1. The molecule has 31 heavy (non-hydrogen) atoms. The van der Waals surface area contributed by atoms with Crippen LogP contribution >= 0.6 is 11.6 Å². The SMILES string of the molecule is O=C(NCC1COc2ccccc2O1)C1CCCN(S(=O)(=O)Cc2cccc(Cl)c2)C1. The Hall–Kier alpha value is -2.29. The third-order valence-electron chi connectivity index (χ3n) is 5.46. The first kappa shape index (κ1) is 21.9. The molecule has 1 fully saturated rings. The lowest BCUT2D eigenvalue weighted by Gasteiger charge is -2.32. The lowest BCUT2D eigenvalue weighted by atomic mass is 9.99. The molecule has 0 spiro atoms. The highest BCUT2D eigenvalue weighted by molar-refractivity contribution is 7.88. The van der Waals surface area contributed by atoms with Gasteiger partial charge in [-0.3, -0.25) is 4.79 Å². The number of piperidine rings is 1. The Balaban J connectivity index is 1.31. The summed E-state index contributed by atoms with van der Waals surface area (Å²) in [6.07, 6.45) is 1.01. The molecule has 2 aliphatic rings. The third kappa shape index (κ3) is 5.50. The summed E-state index contributed by atoms with van der Waals surface area (Å²) in [6.45, 7) is 1.25. The van der Waals surface area contributed by atoms with Crippen molar-refractivity contribution in [2.75, 3.05) is 26.2 Å². The standard InChI is InChI=1S/C22H25ClN2O5S/c23-18-7-3-5-16(11-18)15-31(27,28)25-10-4-6-17(13-25)22(26)24-12-19-14-29-20-8-1-2-9-21(20)30-19/h1-3,5,7-9,11,17,19H,4,6,10,12-15H2,(H,24,26). The van der Waals surface area contributed by atoms with Crippen molar-refractivity contribution < 1.29 is 22.7 Å². The Bertz CT molecular complexity index is 1050. The molecule has 0 bridgehead atoms. The minimum Gasteiger partial charge on any atom is -0.486 e. The number of amides is 1. The molecule has 0 aromatic heterocycles. The predicted molar refractivity (Wildman–Crippen MR) is 118 cm³/mol. The topological polar surface area (TPSA) is 84.9 Å². The molecule has 2 aromatic carbocycles. The average molecular weight is 465 g/mol. The van der Waals surface area contributed by atoms with E-state index >= 15 is 0 Å².